The van der Waals surface area contributed by atoms with E-state index < -0.39 is 10.0 Å². The molecule has 1 aromatic carbocycles. The van der Waals surface area contributed by atoms with Gasteiger partial charge >= 0.3 is 0 Å². The zero-order valence-electron chi connectivity index (χ0n) is 11.2. The van der Waals surface area contributed by atoms with E-state index in [9.17, 15) is 8.42 Å². The molecule has 0 bridgehead atoms. The van der Waals surface area contributed by atoms with E-state index >= 15 is 0 Å². The Morgan fingerprint density at radius 3 is 2.58 bits per heavy atom. The molecule has 3 N–H and O–H groups in total. The van der Waals surface area contributed by atoms with E-state index in [1.165, 1.54) is 6.42 Å². The normalized spacial score (nSPS) is 19.3. The molecule has 1 saturated heterocycles. The largest absolute Gasteiger partial charge is 0.324 e. The highest BCUT2D eigenvalue weighted by Crippen LogP contribution is 2.17. The molecule has 0 aromatic heterocycles. The van der Waals surface area contributed by atoms with Crippen molar-refractivity contribution in [2.75, 3.05) is 13.1 Å². The Balaban J connectivity index is 2.16. The molecule has 106 valence electrons. The van der Waals surface area contributed by atoms with Gasteiger partial charge in [-0.05, 0) is 37.5 Å². The van der Waals surface area contributed by atoms with Crippen LogP contribution in [0.15, 0.2) is 29.2 Å². The highest BCUT2D eigenvalue weighted by atomic mass is 32.2. The lowest BCUT2D eigenvalue weighted by Gasteiger charge is -2.26. The molecule has 1 atom stereocenters. The van der Waals surface area contributed by atoms with Crippen molar-refractivity contribution in [2.24, 2.45) is 5.73 Å². The smallest absolute Gasteiger partial charge is 0.253 e. The first kappa shape index (κ1) is 14.5. The van der Waals surface area contributed by atoms with Crippen LogP contribution >= 0.6 is 0 Å². The molecule has 0 spiro atoms. The number of rotatable bonds is 4. The van der Waals surface area contributed by atoms with Gasteiger partial charge in [0.1, 0.15) is 0 Å². The predicted molar refractivity (Wildman–Crippen MR) is 74.8 cm³/mol. The van der Waals surface area contributed by atoms with Crippen molar-refractivity contribution in [2.45, 2.75) is 37.1 Å². The van der Waals surface area contributed by atoms with Crippen molar-refractivity contribution in [1.82, 2.24) is 9.84 Å². The minimum absolute atomic E-state index is 0.176. The second kappa shape index (κ2) is 6.00. The number of hydrazine groups is 1. The number of nitrogens with one attached hydrogen (secondary N) is 1. The lowest BCUT2D eigenvalue weighted by atomic mass is 10.1. The van der Waals surface area contributed by atoms with Crippen LogP contribution in [0.25, 0.3) is 0 Å². The first-order chi connectivity index (χ1) is 8.99. The Labute approximate surface area is 114 Å². The van der Waals surface area contributed by atoms with Crippen LogP contribution in [-0.2, 0) is 10.0 Å². The molecule has 1 unspecified atom stereocenters. The molecule has 1 aromatic rings. The van der Waals surface area contributed by atoms with E-state index in [4.69, 9.17) is 5.73 Å². The Hall–Kier alpha value is -0.950. The van der Waals surface area contributed by atoms with Gasteiger partial charge < -0.3 is 5.73 Å². The summed E-state index contributed by atoms with van der Waals surface area (Å²) >= 11 is 0. The molecule has 1 heterocycles. The SMILES string of the molecule is CC(N)c1cccc(S(=O)(=O)NN2CCCCC2)c1. The zero-order chi connectivity index (χ0) is 13.9. The quantitative estimate of drug-likeness (QED) is 0.875. The number of hydrogen-bond donors (Lipinski definition) is 2. The molecule has 0 saturated carbocycles. The Bertz CT molecular complexity index is 522. The van der Waals surface area contributed by atoms with Gasteiger partial charge in [0.25, 0.3) is 10.0 Å². The van der Waals surface area contributed by atoms with Crippen LogP contribution in [0.3, 0.4) is 0 Å². The van der Waals surface area contributed by atoms with Crippen LogP contribution in [-0.4, -0.2) is 26.5 Å². The number of benzene rings is 1. The van der Waals surface area contributed by atoms with Gasteiger partial charge in [-0.1, -0.05) is 18.6 Å². The summed E-state index contributed by atoms with van der Waals surface area (Å²) in [5, 5.41) is 1.78. The monoisotopic (exact) mass is 283 g/mol. The van der Waals surface area contributed by atoms with Crippen molar-refractivity contribution >= 4 is 10.0 Å². The fourth-order valence-corrected chi connectivity index (χ4v) is 3.35. The van der Waals surface area contributed by atoms with Crippen LogP contribution in [0.2, 0.25) is 0 Å². The summed E-state index contributed by atoms with van der Waals surface area (Å²) in [6, 6.07) is 6.62. The van der Waals surface area contributed by atoms with E-state index in [1.807, 2.05) is 13.0 Å². The fraction of sp³-hybridized carbons (Fsp3) is 0.538. The number of nitrogens with zero attached hydrogens (tertiary/aromatic N) is 1. The molecule has 6 heteroatoms. The molecule has 0 aliphatic carbocycles. The highest BCUT2D eigenvalue weighted by molar-refractivity contribution is 7.89. The van der Waals surface area contributed by atoms with Gasteiger partial charge in [-0.3, -0.25) is 0 Å². The average molecular weight is 283 g/mol. The zero-order valence-corrected chi connectivity index (χ0v) is 12.0. The molecule has 1 fully saturated rings. The minimum Gasteiger partial charge on any atom is -0.324 e. The highest BCUT2D eigenvalue weighted by Gasteiger charge is 2.20. The maximum absolute atomic E-state index is 12.3. The van der Waals surface area contributed by atoms with Gasteiger partial charge in [0.15, 0.2) is 0 Å². The maximum atomic E-state index is 12.3. The van der Waals surface area contributed by atoms with Crippen LogP contribution in [0.5, 0.6) is 0 Å². The first-order valence-electron chi connectivity index (χ1n) is 6.62. The van der Waals surface area contributed by atoms with Crippen LogP contribution in [0.1, 0.15) is 37.8 Å². The summed E-state index contributed by atoms with van der Waals surface area (Å²) in [5.41, 5.74) is 6.61. The molecular formula is C13H21N3O2S. The van der Waals surface area contributed by atoms with Gasteiger partial charge in [0.05, 0.1) is 4.90 Å². The molecule has 5 nitrogen and oxygen atoms in total. The number of hydrogen-bond acceptors (Lipinski definition) is 4. The lowest BCUT2D eigenvalue weighted by molar-refractivity contribution is 0.200. The Morgan fingerprint density at radius 2 is 1.95 bits per heavy atom. The lowest BCUT2D eigenvalue weighted by Crippen LogP contribution is -2.44. The van der Waals surface area contributed by atoms with Gasteiger partial charge in [-0.2, -0.15) is 0 Å². The molecule has 1 aliphatic heterocycles. The first-order valence-corrected chi connectivity index (χ1v) is 8.10. The van der Waals surface area contributed by atoms with E-state index in [0.717, 1.165) is 31.5 Å². The summed E-state index contributed by atoms with van der Waals surface area (Å²) in [6.07, 6.45) is 3.23. The second-order valence-electron chi connectivity index (χ2n) is 5.00. The molecule has 0 radical (unpaired) electrons. The van der Waals surface area contributed by atoms with Crippen LogP contribution in [0.4, 0.5) is 0 Å². The van der Waals surface area contributed by atoms with E-state index in [0.29, 0.717) is 0 Å². The fourth-order valence-electron chi connectivity index (χ4n) is 2.17. The van der Waals surface area contributed by atoms with Crippen LogP contribution < -0.4 is 10.6 Å². The topological polar surface area (TPSA) is 75.4 Å². The summed E-state index contributed by atoms with van der Waals surface area (Å²) in [7, 11) is -3.50. The van der Waals surface area contributed by atoms with Crippen molar-refractivity contribution < 1.29 is 8.42 Å². The molecule has 1 aliphatic rings. The maximum Gasteiger partial charge on any atom is 0.253 e. The number of piperidine rings is 1. The summed E-state index contributed by atoms with van der Waals surface area (Å²) in [4.78, 5) is 2.91. The van der Waals surface area contributed by atoms with Crippen LogP contribution in [0, 0.1) is 0 Å². The predicted octanol–water partition coefficient (Wildman–Crippen LogP) is 1.39. The second-order valence-corrected chi connectivity index (χ2v) is 6.66. The third-order valence-corrected chi connectivity index (χ3v) is 4.67. The molecule has 2 rings (SSSR count). The van der Waals surface area contributed by atoms with Gasteiger partial charge in [0, 0.05) is 19.1 Å². The number of nitrogens with two attached hydrogens (primary N) is 1. The molecule has 19 heavy (non-hydrogen) atoms. The van der Waals surface area contributed by atoms with E-state index in [2.05, 4.69) is 4.83 Å². The summed E-state index contributed by atoms with van der Waals surface area (Å²) < 4.78 is 24.6. The van der Waals surface area contributed by atoms with Gasteiger partial charge in [-0.15, -0.1) is 4.83 Å². The average Bonchev–Trinajstić information content (AvgIpc) is 2.39. The third-order valence-electron chi connectivity index (χ3n) is 3.30. The molecule has 0 amide bonds. The van der Waals surface area contributed by atoms with Crippen molar-refractivity contribution in [1.29, 1.82) is 0 Å². The van der Waals surface area contributed by atoms with Crippen molar-refractivity contribution in [3.05, 3.63) is 29.8 Å². The number of sulfonamides is 1. The molecular weight excluding hydrogens is 262 g/mol. The van der Waals surface area contributed by atoms with E-state index in [1.54, 1.807) is 23.2 Å². The van der Waals surface area contributed by atoms with Crippen molar-refractivity contribution in [3.63, 3.8) is 0 Å². The Morgan fingerprint density at radius 1 is 1.26 bits per heavy atom. The summed E-state index contributed by atoms with van der Waals surface area (Å²) in [5.74, 6) is 0. The van der Waals surface area contributed by atoms with Crippen molar-refractivity contribution in [3.8, 4) is 0 Å². The van der Waals surface area contributed by atoms with Gasteiger partial charge in [0.2, 0.25) is 0 Å². The Kier molecular flexibility index (Phi) is 4.57. The van der Waals surface area contributed by atoms with E-state index in [-0.39, 0.29) is 10.9 Å². The standard InChI is InChI=1S/C13H21N3O2S/c1-11(14)12-6-5-7-13(10-12)19(17,18)15-16-8-3-2-4-9-16/h5-7,10-11,15H,2-4,8-9,14H2,1H3. The minimum atomic E-state index is -3.50. The third kappa shape index (κ3) is 3.76. The summed E-state index contributed by atoms with van der Waals surface area (Å²) in [6.45, 7) is 3.38. The van der Waals surface area contributed by atoms with Gasteiger partial charge in [-0.25, -0.2) is 13.4 Å².